The molecule has 1 heterocycles. The normalized spacial score (nSPS) is 11.1. The Morgan fingerprint density at radius 2 is 2.05 bits per heavy atom. The second-order valence-corrected chi connectivity index (χ2v) is 5.59. The largest absolute Gasteiger partial charge is 0.436 e. The SMILES string of the molecule is CCc1ccc2oc(-c3ccc(Cl)cc3Br)nc2c1. The Labute approximate surface area is 124 Å². The molecule has 0 aliphatic rings. The van der Waals surface area contributed by atoms with Crippen molar-refractivity contribution < 1.29 is 4.42 Å². The Hall–Kier alpha value is -1.32. The van der Waals surface area contributed by atoms with Gasteiger partial charge >= 0.3 is 0 Å². The summed E-state index contributed by atoms with van der Waals surface area (Å²) < 4.78 is 6.67. The topological polar surface area (TPSA) is 26.0 Å². The number of aryl methyl sites for hydroxylation is 1. The average molecular weight is 337 g/mol. The summed E-state index contributed by atoms with van der Waals surface area (Å²) in [7, 11) is 0. The van der Waals surface area contributed by atoms with Gasteiger partial charge in [0.25, 0.3) is 0 Å². The summed E-state index contributed by atoms with van der Waals surface area (Å²) >= 11 is 9.43. The Kier molecular flexibility index (Phi) is 3.33. The Bertz CT molecular complexity index is 751. The van der Waals surface area contributed by atoms with Crippen LogP contribution < -0.4 is 0 Å². The number of halogens is 2. The van der Waals surface area contributed by atoms with Crippen molar-refractivity contribution >= 4 is 38.6 Å². The lowest BCUT2D eigenvalue weighted by Gasteiger charge is -1.99. The predicted octanol–water partition coefficient (Wildman–Crippen LogP) is 5.47. The lowest BCUT2D eigenvalue weighted by molar-refractivity contribution is 0.619. The van der Waals surface area contributed by atoms with E-state index >= 15 is 0 Å². The maximum Gasteiger partial charge on any atom is 0.228 e. The summed E-state index contributed by atoms with van der Waals surface area (Å²) in [6.07, 6.45) is 0.989. The van der Waals surface area contributed by atoms with Gasteiger partial charge in [-0.15, -0.1) is 0 Å². The van der Waals surface area contributed by atoms with Crippen LogP contribution in [0.3, 0.4) is 0 Å². The standard InChI is InChI=1S/C15H11BrClNO/c1-2-9-3-6-14-13(7-9)18-15(19-14)11-5-4-10(17)8-12(11)16/h3-8H,2H2,1H3. The van der Waals surface area contributed by atoms with Crippen LogP contribution in [0.25, 0.3) is 22.6 Å². The molecule has 3 aromatic rings. The molecule has 1 aromatic heterocycles. The van der Waals surface area contributed by atoms with Crippen molar-refractivity contribution in [1.29, 1.82) is 0 Å². The Morgan fingerprint density at radius 3 is 2.79 bits per heavy atom. The Balaban J connectivity index is 2.14. The van der Waals surface area contributed by atoms with Crippen LogP contribution in [0.2, 0.25) is 5.02 Å². The molecule has 19 heavy (non-hydrogen) atoms. The van der Waals surface area contributed by atoms with Gasteiger partial charge in [0.2, 0.25) is 5.89 Å². The van der Waals surface area contributed by atoms with Crippen LogP contribution >= 0.6 is 27.5 Å². The van der Waals surface area contributed by atoms with E-state index in [0.29, 0.717) is 10.9 Å². The van der Waals surface area contributed by atoms with Crippen LogP contribution in [0.15, 0.2) is 45.3 Å². The van der Waals surface area contributed by atoms with Crippen LogP contribution in [0.4, 0.5) is 0 Å². The lowest BCUT2D eigenvalue weighted by atomic mass is 10.1. The molecule has 0 amide bonds. The highest BCUT2D eigenvalue weighted by Gasteiger charge is 2.11. The molecule has 0 unspecified atom stereocenters. The molecule has 0 aliphatic carbocycles. The Morgan fingerprint density at radius 1 is 1.21 bits per heavy atom. The van der Waals surface area contributed by atoms with Crippen molar-refractivity contribution in [2.75, 3.05) is 0 Å². The highest BCUT2D eigenvalue weighted by atomic mass is 79.9. The molecule has 4 heteroatoms. The van der Waals surface area contributed by atoms with E-state index in [4.69, 9.17) is 16.0 Å². The molecule has 3 rings (SSSR count). The molecule has 0 saturated carbocycles. The third-order valence-electron chi connectivity index (χ3n) is 3.02. The zero-order valence-electron chi connectivity index (χ0n) is 10.3. The maximum absolute atomic E-state index is 5.94. The van der Waals surface area contributed by atoms with Gasteiger partial charge in [-0.3, -0.25) is 0 Å². The minimum Gasteiger partial charge on any atom is -0.436 e. The van der Waals surface area contributed by atoms with Gasteiger partial charge in [-0.05, 0) is 58.2 Å². The number of hydrogen-bond donors (Lipinski definition) is 0. The number of rotatable bonds is 2. The maximum atomic E-state index is 5.94. The van der Waals surface area contributed by atoms with Gasteiger partial charge in [0, 0.05) is 9.50 Å². The van der Waals surface area contributed by atoms with E-state index in [-0.39, 0.29) is 0 Å². The molecule has 0 spiro atoms. The van der Waals surface area contributed by atoms with E-state index < -0.39 is 0 Å². The van der Waals surface area contributed by atoms with E-state index in [1.807, 2.05) is 24.3 Å². The third-order valence-corrected chi connectivity index (χ3v) is 3.91. The fourth-order valence-corrected chi connectivity index (χ4v) is 2.82. The quantitative estimate of drug-likeness (QED) is 0.620. The molecule has 2 nitrogen and oxygen atoms in total. The van der Waals surface area contributed by atoms with E-state index in [1.54, 1.807) is 0 Å². The monoisotopic (exact) mass is 335 g/mol. The lowest BCUT2D eigenvalue weighted by Crippen LogP contribution is -1.80. The number of hydrogen-bond acceptors (Lipinski definition) is 2. The molecule has 2 aromatic carbocycles. The molecule has 0 bridgehead atoms. The summed E-state index contributed by atoms with van der Waals surface area (Å²) in [4.78, 5) is 4.54. The van der Waals surface area contributed by atoms with Crippen LogP contribution in [0.5, 0.6) is 0 Å². The third kappa shape index (κ3) is 2.40. The number of aromatic nitrogens is 1. The summed E-state index contributed by atoms with van der Waals surface area (Å²) in [5.41, 5.74) is 3.84. The van der Waals surface area contributed by atoms with Crippen molar-refractivity contribution in [2.45, 2.75) is 13.3 Å². The number of nitrogens with zero attached hydrogens (tertiary/aromatic N) is 1. The summed E-state index contributed by atoms with van der Waals surface area (Å²) in [6.45, 7) is 2.12. The fraction of sp³-hybridized carbons (Fsp3) is 0.133. The van der Waals surface area contributed by atoms with Gasteiger partial charge in [0.15, 0.2) is 5.58 Å². The molecule has 0 N–H and O–H groups in total. The zero-order chi connectivity index (χ0) is 13.4. The van der Waals surface area contributed by atoms with Crippen LogP contribution in [-0.2, 0) is 6.42 Å². The molecule has 0 fully saturated rings. The first-order valence-electron chi connectivity index (χ1n) is 6.02. The van der Waals surface area contributed by atoms with Crippen LogP contribution in [0.1, 0.15) is 12.5 Å². The van der Waals surface area contributed by atoms with Crippen molar-refractivity contribution in [1.82, 2.24) is 4.98 Å². The summed E-state index contributed by atoms with van der Waals surface area (Å²) in [6, 6.07) is 11.7. The summed E-state index contributed by atoms with van der Waals surface area (Å²) in [5.74, 6) is 0.604. The highest BCUT2D eigenvalue weighted by Crippen LogP contribution is 2.32. The van der Waals surface area contributed by atoms with Crippen molar-refractivity contribution in [3.8, 4) is 11.5 Å². The van der Waals surface area contributed by atoms with Crippen molar-refractivity contribution in [3.63, 3.8) is 0 Å². The van der Waals surface area contributed by atoms with Gasteiger partial charge in [-0.25, -0.2) is 4.98 Å². The smallest absolute Gasteiger partial charge is 0.228 e. The first-order valence-corrected chi connectivity index (χ1v) is 7.19. The number of oxazole rings is 1. The van der Waals surface area contributed by atoms with Crippen LogP contribution in [-0.4, -0.2) is 4.98 Å². The molecule has 0 aliphatic heterocycles. The minimum atomic E-state index is 0.604. The summed E-state index contributed by atoms with van der Waals surface area (Å²) in [5, 5.41) is 0.681. The van der Waals surface area contributed by atoms with Crippen molar-refractivity contribution in [3.05, 3.63) is 51.5 Å². The second-order valence-electron chi connectivity index (χ2n) is 4.30. The van der Waals surface area contributed by atoms with Gasteiger partial charge in [0.05, 0.1) is 5.56 Å². The molecule has 96 valence electrons. The van der Waals surface area contributed by atoms with E-state index in [9.17, 15) is 0 Å². The highest BCUT2D eigenvalue weighted by molar-refractivity contribution is 9.10. The average Bonchev–Trinajstić information content (AvgIpc) is 2.80. The van der Waals surface area contributed by atoms with Gasteiger partial charge in [-0.1, -0.05) is 24.6 Å². The number of benzene rings is 2. The zero-order valence-corrected chi connectivity index (χ0v) is 12.6. The molecule has 0 atom stereocenters. The van der Waals surface area contributed by atoms with Gasteiger partial charge in [0.1, 0.15) is 5.52 Å². The minimum absolute atomic E-state index is 0.604. The fourth-order valence-electron chi connectivity index (χ4n) is 1.97. The van der Waals surface area contributed by atoms with E-state index in [2.05, 4.69) is 40.0 Å². The molecule has 0 radical (unpaired) electrons. The molecular formula is C15H11BrClNO. The van der Waals surface area contributed by atoms with Crippen molar-refractivity contribution in [2.24, 2.45) is 0 Å². The van der Waals surface area contributed by atoms with Crippen LogP contribution in [0, 0.1) is 0 Å². The van der Waals surface area contributed by atoms with Gasteiger partial charge in [-0.2, -0.15) is 0 Å². The molecular weight excluding hydrogens is 326 g/mol. The van der Waals surface area contributed by atoms with E-state index in [0.717, 1.165) is 27.6 Å². The predicted molar refractivity (Wildman–Crippen MR) is 81.5 cm³/mol. The molecule has 0 saturated heterocycles. The second kappa shape index (κ2) is 4.99. The number of fused-ring (bicyclic) bond motifs is 1. The first-order chi connectivity index (χ1) is 9.17. The van der Waals surface area contributed by atoms with E-state index in [1.165, 1.54) is 5.56 Å². The van der Waals surface area contributed by atoms with Gasteiger partial charge < -0.3 is 4.42 Å². The first kappa shape index (κ1) is 12.7.